The van der Waals surface area contributed by atoms with Crippen molar-refractivity contribution >= 4 is 33.9 Å². The number of thioether (sulfide) groups is 1. The van der Waals surface area contributed by atoms with Crippen molar-refractivity contribution in [3.05, 3.63) is 65.2 Å². The minimum atomic E-state index is 0.688. The summed E-state index contributed by atoms with van der Waals surface area (Å²) in [5.41, 5.74) is 4.05. The fraction of sp³-hybridized carbons (Fsp3) is 0.158. The second-order valence-corrected chi connectivity index (χ2v) is 7.75. The topological polar surface area (TPSA) is 77.8 Å². The van der Waals surface area contributed by atoms with E-state index in [2.05, 4.69) is 25.8 Å². The second-order valence-electron chi connectivity index (χ2n) is 5.95. The van der Waals surface area contributed by atoms with Crippen LogP contribution in [0.3, 0.4) is 0 Å². The van der Waals surface area contributed by atoms with Gasteiger partial charge in [-0.3, -0.25) is 0 Å². The third-order valence-corrected chi connectivity index (χ3v) is 5.79. The molecule has 0 aliphatic rings. The van der Waals surface area contributed by atoms with Gasteiger partial charge in [0.15, 0.2) is 5.13 Å². The number of para-hydroxylation sites is 1. The number of nitrogens with zero attached hydrogens (tertiary/aromatic N) is 5. The van der Waals surface area contributed by atoms with Gasteiger partial charge in [-0.15, -0.1) is 16.4 Å². The van der Waals surface area contributed by atoms with Gasteiger partial charge in [0, 0.05) is 16.8 Å². The van der Waals surface area contributed by atoms with Gasteiger partial charge in [0.1, 0.15) is 5.75 Å². The van der Waals surface area contributed by atoms with Crippen LogP contribution in [0.25, 0.3) is 5.69 Å². The third-order valence-electron chi connectivity index (χ3n) is 4.03. The molecule has 7 nitrogen and oxygen atoms in total. The fourth-order valence-corrected chi connectivity index (χ4v) is 4.20. The van der Waals surface area contributed by atoms with Gasteiger partial charge >= 0.3 is 0 Å². The first-order valence-corrected chi connectivity index (χ1v) is 10.4. The molecule has 0 unspecified atom stereocenters. The molecule has 9 heteroatoms. The number of nitrogens with one attached hydrogen (secondary N) is 1. The molecule has 2 aromatic heterocycles. The lowest BCUT2D eigenvalue weighted by Crippen LogP contribution is -2.01. The maximum absolute atomic E-state index is 5.18. The van der Waals surface area contributed by atoms with Crippen LogP contribution >= 0.6 is 23.1 Å². The summed E-state index contributed by atoms with van der Waals surface area (Å²) in [6.45, 7) is 2.04. The molecule has 142 valence electrons. The molecular formula is C19H18N6OS2. The molecule has 0 aliphatic carbocycles. The van der Waals surface area contributed by atoms with Crippen molar-refractivity contribution in [3.63, 3.8) is 0 Å². The summed E-state index contributed by atoms with van der Waals surface area (Å²) in [5.74, 6) is 1.51. The molecule has 0 bridgehead atoms. The van der Waals surface area contributed by atoms with Crippen molar-refractivity contribution in [3.8, 4) is 11.4 Å². The third kappa shape index (κ3) is 4.15. The van der Waals surface area contributed by atoms with Crippen LogP contribution in [0.15, 0.2) is 59.1 Å². The first-order chi connectivity index (χ1) is 13.7. The molecule has 0 aliphatic heterocycles. The molecule has 0 fully saturated rings. The van der Waals surface area contributed by atoms with E-state index in [1.807, 2.05) is 60.8 Å². The van der Waals surface area contributed by atoms with Crippen molar-refractivity contribution in [2.24, 2.45) is 0 Å². The van der Waals surface area contributed by atoms with Crippen LogP contribution in [0.1, 0.15) is 11.3 Å². The van der Waals surface area contributed by atoms with E-state index < -0.39 is 0 Å². The lowest BCUT2D eigenvalue weighted by atomic mass is 10.2. The number of aromatic nitrogens is 5. The summed E-state index contributed by atoms with van der Waals surface area (Å²) in [6.07, 6.45) is 0. The number of benzene rings is 2. The molecule has 4 aromatic rings. The summed E-state index contributed by atoms with van der Waals surface area (Å²) in [7, 11) is 1.66. The number of tetrazole rings is 1. The minimum absolute atomic E-state index is 0.688. The predicted octanol–water partition coefficient (Wildman–Crippen LogP) is 4.47. The molecule has 0 radical (unpaired) electrons. The van der Waals surface area contributed by atoms with Crippen molar-refractivity contribution in [2.75, 3.05) is 12.4 Å². The van der Waals surface area contributed by atoms with E-state index in [1.54, 1.807) is 34.9 Å². The monoisotopic (exact) mass is 410 g/mol. The average Bonchev–Trinajstić information content (AvgIpc) is 3.36. The van der Waals surface area contributed by atoms with Crippen molar-refractivity contribution in [2.45, 2.75) is 17.8 Å². The SMILES string of the molecule is COc1ccc(Nc2nc(CSc3nnnn3-c3ccccc3C)cs2)cc1. The van der Waals surface area contributed by atoms with Crippen LogP contribution in [0.5, 0.6) is 5.75 Å². The summed E-state index contributed by atoms with van der Waals surface area (Å²) in [6, 6.07) is 15.8. The Labute approximate surface area is 170 Å². The molecule has 0 amide bonds. The van der Waals surface area contributed by atoms with Gasteiger partial charge in [0.05, 0.1) is 18.5 Å². The molecule has 1 N–H and O–H groups in total. The summed E-state index contributed by atoms with van der Waals surface area (Å²) >= 11 is 3.13. The van der Waals surface area contributed by atoms with Gasteiger partial charge in [0.25, 0.3) is 0 Å². The Kier molecular flexibility index (Phi) is 5.54. The van der Waals surface area contributed by atoms with Crippen LogP contribution in [-0.2, 0) is 5.75 Å². The number of aryl methyl sites for hydroxylation is 1. The van der Waals surface area contributed by atoms with E-state index in [4.69, 9.17) is 4.74 Å². The van der Waals surface area contributed by atoms with Crippen LogP contribution in [0, 0.1) is 6.92 Å². The second kappa shape index (κ2) is 8.41. The van der Waals surface area contributed by atoms with Crippen LogP contribution in [0.4, 0.5) is 10.8 Å². The molecule has 4 rings (SSSR count). The van der Waals surface area contributed by atoms with Crippen LogP contribution in [-0.4, -0.2) is 32.3 Å². The molecule has 0 saturated heterocycles. The van der Waals surface area contributed by atoms with Gasteiger partial charge in [-0.2, -0.15) is 4.68 Å². The Morgan fingerprint density at radius 1 is 1.14 bits per heavy atom. The maximum Gasteiger partial charge on any atom is 0.214 e. The summed E-state index contributed by atoms with van der Waals surface area (Å²) in [5, 5.41) is 19.1. The van der Waals surface area contributed by atoms with E-state index in [1.165, 1.54) is 0 Å². The Morgan fingerprint density at radius 3 is 2.75 bits per heavy atom. The first kappa shape index (κ1) is 18.5. The van der Waals surface area contributed by atoms with Crippen molar-refractivity contribution in [1.82, 2.24) is 25.2 Å². The van der Waals surface area contributed by atoms with Crippen molar-refractivity contribution < 1.29 is 4.74 Å². The van der Waals surface area contributed by atoms with Gasteiger partial charge in [-0.25, -0.2) is 4.98 Å². The average molecular weight is 411 g/mol. The summed E-state index contributed by atoms with van der Waals surface area (Å²) < 4.78 is 6.94. The quantitative estimate of drug-likeness (QED) is 0.450. The highest BCUT2D eigenvalue weighted by Gasteiger charge is 2.12. The zero-order valence-corrected chi connectivity index (χ0v) is 17.0. The van der Waals surface area contributed by atoms with Crippen LogP contribution in [0.2, 0.25) is 0 Å². The molecule has 28 heavy (non-hydrogen) atoms. The van der Waals surface area contributed by atoms with Gasteiger partial charge < -0.3 is 10.1 Å². The van der Waals surface area contributed by atoms with E-state index in [0.717, 1.165) is 38.7 Å². The highest BCUT2D eigenvalue weighted by Crippen LogP contribution is 2.27. The van der Waals surface area contributed by atoms with Gasteiger partial charge in [-0.05, 0) is 53.2 Å². The highest BCUT2D eigenvalue weighted by atomic mass is 32.2. The molecule has 0 atom stereocenters. The Bertz CT molecular complexity index is 1060. The Hall–Kier alpha value is -2.91. The largest absolute Gasteiger partial charge is 0.497 e. The zero-order chi connectivity index (χ0) is 19.3. The van der Waals surface area contributed by atoms with E-state index >= 15 is 0 Å². The smallest absolute Gasteiger partial charge is 0.214 e. The number of methoxy groups -OCH3 is 1. The normalized spacial score (nSPS) is 10.8. The van der Waals surface area contributed by atoms with Gasteiger partial charge in [-0.1, -0.05) is 30.0 Å². The number of hydrogen-bond donors (Lipinski definition) is 1. The Morgan fingerprint density at radius 2 is 1.96 bits per heavy atom. The van der Waals surface area contributed by atoms with E-state index in [-0.39, 0.29) is 0 Å². The molecule has 0 saturated carbocycles. The lowest BCUT2D eigenvalue weighted by molar-refractivity contribution is 0.415. The minimum Gasteiger partial charge on any atom is -0.497 e. The molecular weight excluding hydrogens is 392 g/mol. The van der Waals surface area contributed by atoms with Gasteiger partial charge in [0.2, 0.25) is 5.16 Å². The number of rotatable bonds is 7. The first-order valence-electron chi connectivity index (χ1n) is 8.55. The summed E-state index contributed by atoms with van der Waals surface area (Å²) in [4.78, 5) is 4.64. The van der Waals surface area contributed by atoms with Crippen LogP contribution < -0.4 is 10.1 Å². The zero-order valence-electron chi connectivity index (χ0n) is 15.4. The molecule has 0 spiro atoms. The maximum atomic E-state index is 5.18. The standard InChI is InChI=1S/C19H18N6OS2/c1-13-5-3-4-6-17(13)25-19(22-23-24-25)28-12-15-11-27-18(21-15)20-14-7-9-16(26-2)10-8-14/h3-11H,12H2,1-2H3,(H,20,21). The number of ether oxygens (including phenoxy) is 1. The van der Waals surface area contributed by atoms with Crippen molar-refractivity contribution in [1.29, 1.82) is 0 Å². The fourth-order valence-electron chi connectivity index (χ4n) is 2.59. The molecule has 2 aromatic carbocycles. The number of thiazole rings is 1. The predicted molar refractivity (Wildman–Crippen MR) is 112 cm³/mol. The number of hydrogen-bond acceptors (Lipinski definition) is 8. The lowest BCUT2D eigenvalue weighted by Gasteiger charge is -2.06. The van der Waals surface area contributed by atoms with E-state index in [9.17, 15) is 0 Å². The Balaban J connectivity index is 1.41. The molecule has 2 heterocycles. The number of anilines is 2. The highest BCUT2D eigenvalue weighted by molar-refractivity contribution is 7.98. The van der Waals surface area contributed by atoms with E-state index in [0.29, 0.717) is 5.75 Å².